The Bertz CT molecular complexity index is 496. The van der Waals surface area contributed by atoms with Crippen LogP contribution in [0.2, 0.25) is 0 Å². The molecule has 0 unspecified atom stereocenters. The van der Waals surface area contributed by atoms with E-state index in [0.717, 1.165) is 39.5 Å². The molecule has 3 saturated heterocycles. The fourth-order valence-electron chi connectivity index (χ4n) is 4.23. The van der Waals surface area contributed by atoms with Gasteiger partial charge in [0, 0.05) is 37.4 Å². The van der Waals surface area contributed by atoms with Crippen molar-refractivity contribution in [3.63, 3.8) is 0 Å². The summed E-state index contributed by atoms with van der Waals surface area (Å²) in [5.74, 6) is 0. The van der Waals surface area contributed by atoms with E-state index < -0.39 is 0 Å². The highest BCUT2D eigenvalue weighted by Gasteiger charge is 2.40. The van der Waals surface area contributed by atoms with Crippen molar-refractivity contribution in [2.75, 3.05) is 57.5 Å². The summed E-state index contributed by atoms with van der Waals surface area (Å²) in [6.45, 7) is 7.99. The fraction of sp³-hybridized carbons (Fsp3) is 0.722. The Balaban J connectivity index is 1.43. The van der Waals surface area contributed by atoms with Gasteiger partial charge in [-0.25, -0.2) is 0 Å². The molecular formula is C18H27N3O2. The highest BCUT2D eigenvalue weighted by Crippen LogP contribution is 2.36. The summed E-state index contributed by atoms with van der Waals surface area (Å²) in [4.78, 5) is 9.39. The van der Waals surface area contributed by atoms with Gasteiger partial charge in [-0.1, -0.05) is 0 Å². The number of nitrogens with zero attached hydrogens (tertiary/aromatic N) is 3. The maximum Gasteiger partial charge on any atom is 0.0641 e. The van der Waals surface area contributed by atoms with E-state index in [-0.39, 0.29) is 0 Å². The number of pyridine rings is 1. The van der Waals surface area contributed by atoms with Crippen molar-refractivity contribution in [3.05, 3.63) is 24.5 Å². The summed E-state index contributed by atoms with van der Waals surface area (Å²) in [7, 11) is 0. The molecule has 3 aliphatic rings. The van der Waals surface area contributed by atoms with Crippen molar-refractivity contribution < 1.29 is 9.47 Å². The lowest BCUT2D eigenvalue weighted by Gasteiger charge is -2.44. The topological polar surface area (TPSA) is 37.8 Å². The van der Waals surface area contributed by atoms with Crippen molar-refractivity contribution in [3.8, 4) is 0 Å². The third-order valence-corrected chi connectivity index (χ3v) is 5.73. The Hall–Kier alpha value is -1.17. The molecule has 5 heteroatoms. The van der Waals surface area contributed by atoms with E-state index in [4.69, 9.17) is 9.47 Å². The average Bonchev–Trinajstić information content (AvgIpc) is 3.06. The quantitative estimate of drug-likeness (QED) is 0.831. The zero-order valence-electron chi connectivity index (χ0n) is 13.8. The van der Waals surface area contributed by atoms with Gasteiger partial charge in [0.1, 0.15) is 0 Å². The minimum Gasteiger partial charge on any atom is -0.380 e. The van der Waals surface area contributed by atoms with E-state index in [1.54, 1.807) is 0 Å². The molecule has 4 rings (SSSR count). The number of likely N-dealkylation sites (tertiary alicyclic amines) is 1. The van der Waals surface area contributed by atoms with E-state index >= 15 is 0 Å². The fourth-order valence-corrected chi connectivity index (χ4v) is 4.23. The molecule has 0 aromatic carbocycles. The second-order valence-corrected chi connectivity index (χ2v) is 7.24. The van der Waals surface area contributed by atoms with Crippen LogP contribution < -0.4 is 4.90 Å². The normalized spacial score (nSPS) is 28.9. The number of anilines is 1. The summed E-state index contributed by atoms with van der Waals surface area (Å²) < 4.78 is 11.6. The molecule has 1 atom stereocenters. The van der Waals surface area contributed by atoms with Crippen LogP contribution in [-0.2, 0) is 9.47 Å². The number of hydrogen-bond donors (Lipinski definition) is 0. The van der Waals surface area contributed by atoms with Crippen LogP contribution in [0.3, 0.4) is 0 Å². The van der Waals surface area contributed by atoms with Crippen molar-refractivity contribution in [1.29, 1.82) is 0 Å². The summed E-state index contributed by atoms with van der Waals surface area (Å²) in [6, 6.07) is 4.83. The molecule has 1 spiro atoms. The second kappa shape index (κ2) is 6.75. The van der Waals surface area contributed by atoms with Gasteiger partial charge in [0.25, 0.3) is 0 Å². The highest BCUT2D eigenvalue weighted by molar-refractivity contribution is 5.44. The Morgan fingerprint density at radius 2 is 2.04 bits per heavy atom. The number of hydrogen-bond acceptors (Lipinski definition) is 5. The van der Waals surface area contributed by atoms with Crippen LogP contribution in [0.1, 0.15) is 19.3 Å². The van der Waals surface area contributed by atoms with Crippen LogP contribution in [0, 0.1) is 5.41 Å². The zero-order valence-corrected chi connectivity index (χ0v) is 13.8. The molecule has 1 aromatic heterocycles. The van der Waals surface area contributed by atoms with Crippen LogP contribution in [-0.4, -0.2) is 68.5 Å². The first-order valence-electron chi connectivity index (χ1n) is 8.89. The first-order valence-corrected chi connectivity index (χ1v) is 8.89. The molecule has 3 aliphatic heterocycles. The molecule has 4 heterocycles. The van der Waals surface area contributed by atoms with Crippen LogP contribution in [0.4, 0.5) is 5.69 Å². The van der Waals surface area contributed by atoms with E-state index in [2.05, 4.69) is 20.9 Å². The average molecular weight is 317 g/mol. The second-order valence-electron chi connectivity index (χ2n) is 7.24. The molecule has 0 saturated carbocycles. The van der Waals surface area contributed by atoms with Gasteiger partial charge in [-0.15, -0.1) is 0 Å². The molecule has 0 radical (unpaired) electrons. The summed E-state index contributed by atoms with van der Waals surface area (Å²) in [6.07, 6.45) is 7.46. The largest absolute Gasteiger partial charge is 0.380 e. The van der Waals surface area contributed by atoms with Gasteiger partial charge in [0.05, 0.1) is 31.7 Å². The van der Waals surface area contributed by atoms with Gasteiger partial charge in [-0.05, 0) is 44.5 Å². The van der Waals surface area contributed by atoms with Crippen LogP contribution in [0.25, 0.3) is 0 Å². The molecule has 3 fully saturated rings. The van der Waals surface area contributed by atoms with Gasteiger partial charge in [-0.2, -0.15) is 0 Å². The van der Waals surface area contributed by atoms with E-state index in [9.17, 15) is 0 Å². The molecule has 0 N–H and O–H groups in total. The Labute approximate surface area is 138 Å². The number of piperidine rings is 1. The number of rotatable bonds is 2. The lowest BCUT2D eigenvalue weighted by Crippen LogP contribution is -2.50. The van der Waals surface area contributed by atoms with Crippen LogP contribution in [0.15, 0.2) is 24.5 Å². The van der Waals surface area contributed by atoms with Gasteiger partial charge < -0.3 is 14.4 Å². The van der Waals surface area contributed by atoms with Crippen molar-refractivity contribution in [2.24, 2.45) is 5.41 Å². The van der Waals surface area contributed by atoms with E-state index in [1.165, 1.54) is 38.0 Å². The Morgan fingerprint density at radius 1 is 1.13 bits per heavy atom. The predicted molar refractivity (Wildman–Crippen MR) is 89.7 cm³/mol. The summed E-state index contributed by atoms with van der Waals surface area (Å²) in [5.41, 5.74) is 1.52. The number of aromatic nitrogens is 1. The third kappa shape index (κ3) is 3.37. The van der Waals surface area contributed by atoms with Crippen LogP contribution >= 0.6 is 0 Å². The minimum atomic E-state index is 0.294. The zero-order chi connectivity index (χ0) is 15.5. The third-order valence-electron chi connectivity index (χ3n) is 5.73. The van der Waals surface area contributed by atoms with Crippen molar-refractivity contribution in [1.82, 2.24) is 9.88 Å². The van der Waals surface area contributed by atoms with Gasteiger partial charge in [0.2, 0.25) is 0 Å². The number of ether oxygens (including phenoxy) is 2. The van der Waals surface area contributed by atoms with Crippen molar-refractivity contribution in [2.45, 2.75) is 25.3 Å². The molecule has 126 valence electrons. The lowest BCUT2D eigenvalue weighted by molar-refractivity contribution is 0.00920. The molecule has 23 heavy (non-hydrogen) atoms. The minimum absolute atomic E-state index is 0.294. The maximum absolute atomic E-state index is 5.99. The first-order chi connectivity index (χ1) is 11.3. The molecule has 0 amide bonds. The summed E-state index contributed by atoms with van der Waals surface area (Å²) in [5, 5.41) is 0. The SMILES string of the molecule is c1cncc(N2CCOCC3(CCN([C@@H]4CCOC4)CC3)C2)c1. The molecular weight excluding hydrogens is 290 g/mol. The van der Waals surface area contributed by atoms with Crippen LogP contribution in [0.5, 0.6) is 0 Å². The maximum atomic E-state index is 5.99. The molecule has 5 nitrogen and oxygen atoms in total. The van der Waals surface area contributed by atoms with Crippen molar-refractivity contribution >= 4 is 5.69 Å². The Kier molecular flexibility index (Phi) is 4.51. The van der Waals surface area contributed by atoms with Gasteiger partial charge in [-0.3, -0.25) is 9.88 Å². The monoisotopic (exact) mass is 317 g/mol. The van der Waals surface area contributed by atoms with E-state index in [0.29, 0.717) is 11.5 Å². The predicted octanol–water partition coefficient (Wildman–Crippen LogP) is 1.79. The van der Waals surface area contributed by atoms with E-state index in [1.807, 2.05) is 18.5 Å². The molecule has 1 aromatic rings. The Morgan fingerprint density at radius 3 is 2.78 bits per heavy atom. The highest BCUT2D eigenvalue weighted by atomic mass is 16.5. The lowest BCUT2D eigenvalue weighted by atomic mass is 9.78. The molecule has 0 aliphatic carbocycles. The van der Waals surface area contributed by atoms with Gasteiger partial charge in [0.15, 0.2) is 0 Å². The molecule has 0 bridgehead atoms. The summed E-state index contributed by atoms with van der Waals surface area (Å²) >= 11 is 0. The standard InChI is InChI=1S/C18H27N3O2/c1-2-16(12-19-6-1)21-9-11-23-15-18(14-21)4-7-20(8-5-18)17-3-10-22-13-17/h1-2,6,12,17H,3-5,7-11,13-15H2/t17-/m1/s1. The van der Waals surface area contributed by atoms with Gasteiger partial charge >= 0.3 is 0 Å². The smallest absolute Gasteiger partial charge is 0.0641 e. The first kappa shape index (κ1) is 15.4.